The van der Waals surface area contributed by atoms with Crippen LogP contribution in [-0.4, -0.2) is 35.4 Å². The molecule has 2 aromatic heterocycles. The lowest BCUT2D eigenvalue weighted by Crippen LogP contribution is -2.27. The number of rotatable bonds is 7. The Bertz CT molecular complexity index is 843. The van der Waals surface area contributed by atoms with E-state index >= 15 is 0 Å². The molecule has 0 fully saturated rings. The molecule has 130 valence electrons. The third-order valence-electron chi connectivity index (χ3n) is 3.50. The first kappa shape index (κ1) is 17.3. The van der Waals surface area contributed by atoms with E-state index in [1.807, 2.05) is 25.1 Å². The van der Waals surface area contributed by atoms with Crippen molar-refractivity contribution in [3.63, 3.8) is 0 Å². The maximum absolute atomic E-state index is 12.3. The number of carbonyl (C=O) groups excluding carboxylic acids is 1. The second kappa shape index (κ2) is 8.00. The van der Waals surface area contributed by atoms with E-state index in [4.69, 9.17) is 20.8 Å². The second-order valence-corrected chi connectivity index (χ2v) is 5.67. The molecule has 2 heterocycles. The van der Waals surface area contributed by atoms with Crippen molar-refractivity contribution in [3.8, 4) is 17.1 Å². The standard InChI is InChI=1S/C18H18ClN3O3/c1-2-24-10-8-20-18(23)15-12-16(17-7-4-9-25-17)22(21-15)14-6-3-5-13(19)11-14/h3-7,9,11-12H,2,8,10H2,1H3,(H,20,23). The maximum Gasteiger partial charge on any atom is 0.271 e. The van der Waals surface area contributed by atoms with Gasteiger partial charge in [0.2, 0.25) is 0 Å². The number of aromatic nitrogens is 2. The fraction of sp³-hybridized carbons (Fsp3) is 0.222. The molecular weight excluding hydrogens is 342 g/mol. The average molecular weight is 360 g/mol. The van der Waals surface area contributed by atoms with Gasteiger partial charge in [0, 0.05) is 24.2 Å². The van der Waals surface area contributed by atoms with Crippen LogP contribution in [0.4, 0.5) is 0 Å². The fourth-order valence-electron chi connectivity index (χ4n) is 2.37. The van der Waals surface area contributed by atoms with Crippen LogP contribution in [0.15, 0.2) is 53.1 Å². The van der Waals surface area contributed by atoms with Gasteiger partial charge in [0.1, 0.15) is 5.69 Å². The van der Waals surface area contributed by atoms with Gasteiger partial charge < -0.3 is 14.5 Å². The summed E-state index contributed by atoms with van der Waals surface area (Å²) in [6.07, 6.45) is 1.58. The molecule has 0 aliphatic rings. The minimum atomic E-state index is -0.270. The molecule has 0 saturated heterocycles. The Morgan fingerprint density at radius 3 is 2.92 bits per heavy atom. The fourth-order valence-corrected chi connectivity index (χ4v) is 2.55. The van der Waals surface area contributed by atoms with Crippen LogP contribution < -0.4 is 5.32 Å². The molecule has 1 aromatic carbocycles. The third-order valence-corrected chi connectivity index (χ3v) is 3.74. The van der Waals surface area contributed by atoms with Crippen LogP contribution in [0, 0.1) is 0 Å². The molecule has 7 heteroatoms. The number of furan rings is 1. The number of ether oxygens (including phenoxy) is 1. The number of nitrogens with one attached hydrogen (secondary N) is 1. The number of nitrogens with zero attached hydrogens (tertiary/aromatic N) is 2. The quantitative estimate of drug-likeness (QED) is 0.655. The summed E-state index contributed by atoms with van der Waals surface area (Å²) in [7, 11) is 0. The lowest BCUT2D eigenvalue weighted by molar-refractivity contribution is 0.0917. The van der Waals surface area contributed by atoms with Crippen molar-refractivity contribution in [2.45, 2.75) is 6.92 Å². The largest absolute Gasteiger partial charge is 0.463 e. The Balaban J connectivity index is 1.91. The summed E-state index contributed by atoms with van der Waals surface area (Å²) < 4.78 is 12.3. The van der Waals surface area contributed by atoms with Crippen LogP contribution in [-0.2, 0) is 4.74 Å². The Kier molecular flexibility index (Phi) is 5.53. The Morgan fingerprint density at radius 1 is 1.32 bits per heavy atom. The van der Waals surface area contributed by atoms with Gasteiger partial charge in [-0.2, -0.15) is 5.10 Å². The first-order valence-corrected chi connectivity index (χ1v) is 8.32. The van der Waals surface area contributed by atoms with E-state index in [9.17, 15) is 4.79 Å². The Morgan fingerprint density at radius 2 is 2.20 bits per heavy atom. The molecule has 25 heavy (non-hydrogen) atoms. The van der Waals surface area contributed by atoms with Crippen molar-refractivity contribution in [3.05, 3.63) is 59.4 Å². The molecule has 1 N–H and O–H groups in total. The highest BCUT2D eigenvalue weighted by atomic mass is 35.5. The van der Waals surface area contributed by atoms with Crippen molar-refractivity contribution in [1.29, 1.82) is 0 Å². The molecule has 6 nitrogen and oxygen atoms in total. The highest BCUT2D eigenvalue weighted by Crippen LogP contribution is 2.25. The van der Waals surface area contributed by atoms with E-state index in [0.717, 1.165) is 5.69 Å². The molecule has 0 bridgehead atoms. The van der Waals surface area contributed by atoms with Gasteiger partial charge in [-0.05, 0) is 37.3 Å². The molecule has 0 saturated carbocycles. The number of halogens is 1. The zero-order valence-corrected chi connectivity index (χ0v) is 14.5. The van der Waals surface area contributed by atoms with Gasteiger partial charge in [0.15, 0.2) is 11.5 Å². The number of benzene rings is 1. The molecule has 0 aliphatic heterocycles. The molecule has 3 rings (SSSR count). The van der Waals surface area contributed by atoms with Crippen molar-refractivity contribution in [2.75, 3.05) is 19.8 Å². The van der Waals surface area contributed by atoms with Crippen molar-refractivity contribution in [2.24, 2.45) is 0 Å². The van der Waals surface area contributed by atoms with Crippen molar-refractivity contribution >= 4 is 17.5 Å². The monoisotopic (exact) mass is 359 g/mol. The van der Waals surface area contributed by atoms with Crippen LogP contribution in [0.25, 0.3) is 17.1 Å². The smallest absolute Gasteiger partial charge is 0.271 e. The lowest BCUT2D eigenvalue weighted by atomic mass is 10.2. The van der Waals surface area contributed by atoms with Crippen molar-refractivity contribution in [1.82, 2.24) is 15.1 Å². The molecule has 0 radical (unpaired) electrons. The predicted octanol–water partition coefficient (Wildman–Crippen LogP) is 3.55. The minimum Gasteiger partial charge on any atom is -0.463 e. The molecule has 3 aromatic rings. The van der Waals surface area contributed by atoms with E-state index in [-0.39, 0.29) is 5.91 Å². The Hall–Kier alpha value is -2.57. The van der Waals surface area contributed by atoms with Crippen molar-refractivity contribution < 1.29 is 13.9 Å². The zero-order chi connectivity index (χ0) is 17.6. The minimum absolute atomic E-state index is 0.270. The molecular formula is C18H18ClN3O3. The Labute approximate surface area is 150 Å². The first-order valence-electron chi connectivity index (χ1n) is 7.95. The first-order chi connectivity index (χ1) is 12.2. The summed E-state index contributed by atoms with van der Waals surface area (Å²) >= 11 is 6.08. The van der Waals surface area contributed by atoms with Gasteiger partial charge in [-0.25, -0.2) is 4.68 Å². The van der Waals surface area contributed by atoms with E-state index in [2.05, 4.69) is 10.4 Å². The summed E-state index contributed by atoms with van der Waals surface area (Å²) in [5, 5.41) is 7.79. The van der Waals surface area contributed by atoms with Gasteiger partial charge >= 0.3 is 0 Å². The summed E-state index contributed by atoms with van der Waals surface area (Å²) in [6.45, 7) is 3.40. The molecule has 0 spiro atoms. The van der Waals surface area contributed by atoms with Crippen LogP contribution in [0.1, 0.15) is 17.4 Å². The number of carbonyl (C=O) groups is 1. The highest BCUT2D eigenvalue weighted by molar-refractivity contribution is 6.30. The number of amides is 1. The zero-order valence-electron chi connectivity index (χ0n) is 13.7. The van der Waals surface area contributed by atoms with E-state index in [1.54, 1.807) is 35.2 Å². The topological polar surface area (TPSA) is 69.3 Å². The molecule has 0 atom stereocenters. The maximum atomic E-state index is 12.3. The van der Waals surface area contributed by atoms with Gasteiger partial charge in [0.05, 0.1) is 18.6 Å². The average Bonchev–Trinajstić information content (AvgIpc) is 3.27. The van der Waals surface area contributed by atoms with Crippen LogP contribution in [0.2, 0.25) is 5.02 Å². The van der Waals surface area contributed by atoms with Gasteiger partial charge in [-0.1, -0.05) is 17.7 Å². The summed E-state index contributed by atoms with van der Waals surface area (Å²) in [4.78, 5) is 12.3. The van der Waals surface area contributed by atoms with Crippen LogP contribution >= 0.6 is 11.6 Å². The van der Waals surface area contributed by atoms with E-state index < -0.39 is 0 Å². The van der Waals surface area contributed by atoms with Gasteiger partial charge in [-0.15, -0.1) is 0 Å². The van der Waals surface area contributed by atoms with Gasteiger partial charge in [0.25, 0.3) is 5.91 Å². The lowest BCUT2D eigenvalue weighted by Gasteiger charge is -2.06. The van der Waals surface area contributed by atoms with Crippen LogP contribution in [0.3, 0.4) is 0 Å². The third kappa shape index (κ3) is 4.10. The second-order valence-electron chi connectivity index (χ2n) is 5.24. The summed E-state index contributed by atoms with van der Waals surface area (Å²) in [5.41, 5.74) is 1.71. The highest BCUT2D eigenvalue weighted by Gasteiger charge is 2.18. The summed E-state index contributed by atoms with van der Waals surface area (Å²) in [5.74, 6) is 0.342. The van der Waals surface area contributed by atoms with Crippen LogP contribution in [0.5, 0.6) is 0 Å². The normalized spacial score (nSPS) is 10.8. The number of hydrogen-bond acceptors (Lipinski definition) is 4. The molecule has 0 aliphatic carbocycles. The van der Waals surface area contributed by atoms with Gasteiger partial charge in [-0.3, -0.25) is 4.79 Å². The summed E-state index contributed by atoms with van der Waals surface area (Å²) in [6, 6.07) is 12.5. The number of hydrogen-bond donors (Lipinski definition) is 1. The van der Waals surface area contributed by atoms with E-state index in [1.165, 1.54) is 0 Å². The SMILES string of the molecule is CCOCCNC(=O)c1cc(-c2ccco2)n(-c2cccc(Cl)c2)n1. The molecule has 1 amide bonds. The molecule has 0 unspecified atom stereocenters. The van der Waals surface area contributed by atoms with E-state index in [0.29, 0.717) is 41.9 Å². The predicted molar refractivity (Wildman–Crippen MR) is 95.1 cm³/mol.